The number of rotatable bonds is 4. The average Bonchev–Trinajstić information content (AvgIpc) is 2.84. The minimum atomic E-state index is -0.444. The van der Waals surface area contributed by atoms with Crippen LogP contribution in [-0.4, -0.2) is 23.8 Å². The zero-order chi connectivity index (χ0) is 16.9. The second-order valence-electron chi connectivity index (χ2n) is 5.30. The van der Waals surface area contributed by atoms with E-state index in [1.807, 2.05) is 25.1 Å². The van der Waals surface area contributed by atoms with Gasteiger partial charge in [0.1, 0.15) is 5.69 Å². The highest BCUT2D eigenvalue weighted by Crippen LogP contribution is 2.30. The minimum Gasteiger partial charge on any atom is -0.490 e. The summed E-state index contributed by atoms with van der Waals surface area (Å²) >= 11 is 0. The second-order valence-corrected chi connectivity index (χ2v) is 5.30. The van der Waals surface area contributed by atoms with E-state index in [9.17, 15) is 10.1 Å². The van der Waals surface area contributed by atoms with Crippen LogP contribution < -0.4 is 14.9 Å². The van der Waals surface area contributed by atoms with Gasteiger partial charge in [0.05, 0.1) is 23.8 Å². The third-order valence-corrected chi connectivity index (χ3v) is 3.61. The Morgan fingerprint density at radius 2 is 1.92 bits per heavy atom. The number of fused-ring (bicyclic) bond motifs is 1. The summed E-state index contributed by atoms with van der Waals surface area (Å²) in [6.45, 7) is 3.07. The van der Waals surface area contributed by atoms with Crippen molar-refractivity contribution in [2.75, 3.05) is 18.6 Å². The molecule has 0 saturated carbocycles. The molecule has 0 atom stereocenters. The first kappa shape index (κ1) is 15.8. The van der Waals surface area contributed by atoms with Gasteiger partial charge in [-0.15, -0.1) is 0 Å². The van der Waals surface area contributed by atoms with Crippen molar-refractivity contribution in [3.05, 3.63) is 58.1 Å². The summed E-state index contributed by atoms with van der Waals surface area (Å²) in [5.41, 5.74) is 4.62. The molecule has 0 aromatic heterocycles. The number of hydrogen-bond donors (Lipinski definition) is 1. The molecule has 0 aliphatic carbocycles. The van der Waals surface area contributed by atoms with Gasteiger partial charge in [0.15, 0.2) is 11.5 Å². The van der Waals surface area contributed by atoms with Crippen molar-refractivity contribution < 1.29 is 14.4 Å². The highest BCUT2D eigenvalue weighted by Gasteiger charge is 2.13. The molecule has 2 aromatic carbocycles. The van der Waals surface area contributed by atoms with Crippen LogP contribution in [-0.2, 0) is 0 Å². The molecule has 0 bridgehead atoms. The molecule has 3 rings (SSSR count). The lowest BCUT2D eigenvalue weighted by Crippen LogP contribution is -2.02. The Kier molecular flexibility index (Phi) is 4.60. The Morgan fingerprint density at radius 3 is 2.71 bits per heavy atom. The van der Waals surface area contributed by atoms with Crippen molar-refractivity contribution in [2.24, 2.45) is 5.10 Å². The van der Waals surface area contributed by atoms with Gasteiger partial charge in [-0.1, -0.05) is 12.1 Å². The maximum absolute atomic E-state index is 11.0. The number of hydrazone groups is 1. The molecular formula is C17H17N3O4. The summed E-state index contributed by atoms with van der Waals surface area (Å²) < 4.78 is 11.3. The summed E-state index contributed by atoms with van der Waals surface area (Å²) in [6, 6.07) is 12.0. The van der Waals surface area contributed by atoms with Crippen LogP contribution >= 0.6 is 0 Å². The van der Waals surface area contributed by atoms with E-state index < -0.39 is 4.92 Å². The summed E-state index contributed by atoms with van der Waals surface area (Å²) in [4.78, 5) is 10.6. The van der Waals surface area contributed by atoms with Crippen LogP contribution in [0.3, 0.4) is 0 Å². The maximum atomic E-state index is 11.0. The van der Waals surface area contributed by atoms with E-state index in [1.165, 1.54) is 6.07 Å². The first-order chi connectivity index (χ1) is 11.6. The predicted octanol–water partition coefficient (Wildman–Crippen LogP) is 3.59. The topological polar surface area (TPSA) is 86.0 Å². The van der Waals surface area contributed by atoms with Crippen LogP contribution in [0.5, 0.6) is 11.5 Å². The monoisotopic (exact) mass is 327 g/mol. The first-order valence-electron chi connectivity index (χ1n) is 7.59. The number of nitro groups is 1. The average molecular weight is 327 g/mol. The lowest BCUT2D eigenvalue weighted by atomic mass is 10.1. The number of ether oxygens (including phenoxy) is 2. The Hall–Kier alpha value is -3.09. The van der Waals surface area contributed by atoms with Gasteiger partial charge in [-0.2, -0.15) is 5.10 Å². The second kappa shape index (κ2) is 6.99. The molecule has 24 heavy (non-hydrogen) atoms. The lowest BCUT2D eigenvalue weighted by Gasteiger charge is -2.09. The molecule has 1 heterocycles. The van der Waals surface area contributed by atoms with E-state index in [0.29, 0.717) is 30.4 Å². The molecule has 124 valence electrons. The van der Waals surface area contributed by atoms with Crippen LogP contribution in [0.25, 0.3) is 0 Å². The molecule has 7 heteroatoms. The third-order valence-electron chi connectivity index (χ3n) is 3.61. The fraction of sp³-hybridized carbons (Fsp3) is 0.235. The fourth-order valence-electron chi connectivity index (χ4n) is 2.32. The summed E-state index contributed by atoms with van der Waals surface area (Å²) in [5.74, 6) is 1.40. The van der Waals surface area contributed by atoms with Gasteiger partial charge in [0.25, 0.3) is 5.69 Å². The summed E-state index contributed by atoms with van der Waals surface area (Å²) in [5, 5.41) is 15.3. The number of benzene rings is 2. The molecule has 0 radical (unpaired) electrons. The zero-order valence-corrected chi connectivity index (χ0v) is 13.2. The van der Waals surface area contributed by atoms with E-state index in [1.54, 1.807) is 18.2 Å². The molecule has 1 aliphatic rings. The number of nitro benzene ring substituents is 1. The van der Waals surface area contributed by atoms with Crippen LogP contribution in [0.4, 0.5) is 11.4 Å². The largest absolute Gasteiger partial charge is 0.490 e. The van der Waals surface area contributed by atoms with Crippen molar-refractivity contribution in [1.82, 2.24) is 0 Å². The smallest absolute Gasteiger partial charge is 0.294 e. The highest BCUT2D eigenvalue weighted by molar-refractivity contribution is 5.99. The van der Waals surface area contributed by atoms with Gasteiger partial charge in [0, 0.05) is 18.1 Å². The molecule has 0 saturated heterocycles. The van der Waals surface area contributed by atoms with Crippen LogP contribution in [0.1, 0.15) is 18.9 Å². The Bertz CT molecular complexity index is 789. The van der Waals surface area contributed by atoms with Gasteiger partial charge < -0.3 is 9.47 Å². The Balaban J connectivity index is 1.82. The first-order valence-corrected chi connectivity index (χ1v) is 7.59. The number of para-hydroxylation sites is 2. The van der Waals surface area contributed by atoms with E-state index in [4.69, 9.17) is 9.47 Å². The van der Waals surface area contributed by atoms with Crippen LogP contribution in [0, 0.1) is 10.1 Å². The Morgan fingerprint density at radius 1 is 1.17 bits per heavy atom. The summed E-state index contributed by atoms with van der Waals surface area (Å²) in [7, 11) is 0. The third kappa shape index (κ3) is 3.45. The molecular weight excluding hydrogens is 310 g/mol. The van der Waals surface area contributed by atoms with E-state index >= 15 is 0 Å². The summed E-state index contributed by atoms with van der Waals surface area (Å²) in [6.07, 6.45) is 0.844. The maximum Gasteiger partial charge on any atom is 0.294 e. The molecule has 2 aromatic rings. The predicted molar refractivity (Wildman–Crippen MR) is 91.0 cm³/mol. The zero-order valence-electron chi connectivity index (χ0n) is 13.2. The van der Waals surface area contributed by atoms with Gasteiger partial charge >= 0.3 is 0 Å². The van der Waals surface area contributed by atoms with Crippen molar-refractivity contribution in [1.29, 1.82) is 0 Å². The number of anilines is 1. The van der Waals surface area contributed by atoms with Gasteiger partial charge in [0.2, 0.25) is 0 Å². The minimum absolute atomic E-state index is 0.0206. The molecule has 0 fully saturated rings. The van der Waals surface area contributed by atoms with Gasteiger partial charge in [-0.05, 0) is 31.2 Å². The standard InChI is InChI=1S/C17H17N3O4/c1-12(18-19-14-5-2-3-6-15(14)20(21)22)13-7-8-16-17(11-13)24-10-4-9-23-16/h2-3,5-8,11,19H,4,9-10H2,1H3/b18-12-. The van der Waals surface area contributed by atoms with Crippen molar-refractivity contribution in [3.8, 4) is 11.5 Å². The van der Waals surface area contributed by atoms with Gasteiger partial charge in [-0.3, -0.25) is 15.5 Å². The molecule has 0 unspecified atom stereocenters. The SMILES string of the molecule is C/C(=N/Nc1ccccc1[N+](=O)[O-])c1ccc2c(c1)OCCCO2. The van der Waals surface area contributed by atoms with Gasteiger partial charge in [-0.25, -0.2) is 0 Å². The van der Waals surface area contributed by atoms with E-state index in [-0.39, 0.29) is 5.69 Å². The number of nitrogens with zero attached hydrogens (tertiary/aromatic N) is 2. The number of nitrogens with one attached hydrogen (secondary N) is 1. The molecule has 1 aliphatic heterocycles. The van der Waals surface area contributed by atoms with E-state index in [0.717, 1.165) is 17.7 Å². The van der Waals surface area contributed by atoms with Crippen molar-refractivity contribution in [3.63, 3.8) is 0 Å². The molecule has 7 nitrogen and oxygen atoms in total. The fourth-order valence-corrected chi connectivity index (χ4v) is 2.32. The lowest BCUT2D eigenvalue weighted by molar-refractivity contribution is -0.384. The van der Waals surface area contributed by atoms with Crippen LogP contribution in [0.2, 0.25) is 0 Å². The Labute approximate surface area is 139 Å². The normalized spacial score (nSPS) is 14.0. The molecule has 1 N–H and O–H groups in total. The van der Waals surface area contributed by atoms with E-state index in [2.05, 4.69) is 10.5 Å². The number of hydrogen-bond acceptors (Lipinski definition) is 6. The molecule has 0 amide bonds. The van der Waals surface area contributed by atoms with Crippen LogP contribution in [0.15, 0.2) is 47.6 Å². The molecule has 0 spiro atoms. The quantitative estimate of drug-likeness (QED) is 0.527. The van der Waals surface area contributed by atoms with Crippen molar-refractivity contribution in [2.45, 2.75) is 13.3 Å². The highest BCUT2D eigenvalue weighted by atomic mass is 16.6. The van der Waals surface area contributed by atoms with Crippen molar-refractivity contribution >= 4 is 17.1 Å².